The van der Waals surface area contributed by atoms with Crippen LogP contribution in [0.2, 0.25) is 0 Å². The third kappa shape index (κ3) is 2.62. The molecule has 0 bridgehead atoms. The maximum absolute atomic E-state index is 9.50. The molecule has 1 fully saturated rings. The van der Waals surface area contributed by atoms with Crippen molar-refractivity contribution in [3.05, 3.63) is 42.1 Å². The van der Waals surface area contributed by atoms with Gasteiger partial charge in [0.1, 0.15) is 0 Å². The van der Waals surface area contributed by atoms with E-state index < -0.39 is 0 Å². The van der Waals surface area contributed by atoms with E-state index in [-0.39, 0.29) is 6.61 Å². The van der Waals surface area contributed by atoms with Gasteiger partial charge in [-0.1, -0.05) is 30.7 Å². The predicted octanol–water partition coefficient (Wildman–Crippen LogP) is 2.58. The van der Waals surface area contributed by atoms with Gasteiger partial charge in [-0.15, -0.1) is 0 Å². The molecule has 1 aromatic heterocycles. The van der Waals surface area contributed by atoms with Gasteiger partial charge in [0.05, 0.1) is 12.1 Å². The highest BCUT2D eigenvalue weighted by Crippen LogP contribution is 2.22. The molecule has 1 aliphatic rings. The van der Waals surface area contributed by atoms with Crippen LogP contribution in [0.4, 0.5) is 0 Å². The lowest BCUT2D eigenvalue weighted by atomic mass is 10.0. The Hall–Kier alpha value is -1.45. The Morgan fingerprint density at radius 1 is 1.21 bits per heavy atom. The molecule has 0 radical (unpaired) electrons. The van der Waals surface area contributed by atoms with E-state index in [0.29, 0.717) is 6.04 Å². The summed E-state index contributed by atoms with van der Waals surface area (Å²) in [6.07, 6.45) is 5.42. The normalized spacial score (nSPS) is 20.8. The van der Waals surface area contributed by atoms with Crippen molar-refractivity contribution < 1.29 is 5.11 Å². The van der Waals surface area contributed by atoms with Crippen molar-refractivity contribution in [2.75, 3.05) is 13.2 Å². The average molecular weight is 256 g/mol. The number of pyridine rings is 1. The quantitative estimate of drug-likeness (QED) is 0.917. The van der Waals surface area contributed by atoms with Crippen LogP contribution in [0, 0.1) is 0 Å². The minimum atomic E-state index is 0.262. The lowest BCUT2D eigenvalue weighted by molar-refractivity contribution is 0.0844. The fourth-order valence-electron chi connectivity index (χ4n) is 2.99. The summed E-state index contributed by atoms with van der Waals surface area (Å²) in [6.45, 7) is 2.23. The van der Waals surface area contributed by atoms with E-state index in [1.54, 1.807) is 0 Å². The van der Waals surface area contributed by atoms with Crippen LogP contribution in [0.25, 0.3) is 10.9 Å². The molecule has 3 rings (SSSR count). The number of piperidine rings is 1. The van der Waals surface area contributed by atoms with Gasteiger partial charge < -0.3 is 5.11 Å². The third-order valence-electron chi connectivity index (χ3n) is 4.05. The van der Waals surface area contributed by atoms with Crippen molar-refractivity contribution >= 4 is 10.9 Å². The largest absolute Gasteiger partial charge is 0.395 e. The third-order valence-corrected chi connectivity index (χ3v) is 4.05. The topological polar surface area (TPSA) is 36.4 Å². The summed E-state index contributed by atoms with van der Waals surface area (Å²) in [7, 11) is 0. The van der Waals surface area contributed by atoms with Crippen molar-refractivity contribution in [1.82, 2.24) is 9.88 Å². The predicted molar refractivity (Wildman–Crippen MR) is 76.9 cm³/mol. The SMILES string of the molecule is OCC1CCCCN1Cc1cccc2cccnc12. The van der Waals surface area contributed by atoms with Gasteiger partial charge >= 0.3 is 0 Å². The van der Waals surface area contributed by atoms with Gasteiger partial charge in [0.25, 0.3) is 0 Å². The molecule has 0 spiro atoms. The number of hydrogen-bond donors (Lipinski definition) is 1. The molecule has 0 amide bonds. The average Bonchev–Trinajstić information content (AvgIpc) is 2.48. The molecule has 3 nitrogen and oxygen atoms in total. The Balaban J connectivity index is 1.88. The molecule has 3 heteroatoms. The first-order valence-corrected chi connectivity index (χ1v) is 7.06. The number of benzene rings is 1. The number of aromatic nitrogens is 1. The van der Waals surface area contributed by atoms with Crippen LogP contribution in [0.15, 0.2) is 36.5 Å². The van der Waals surface area contributed by atoms with Crippen LogP contribution in [0.3, 0.4) is 0 Å². The van der Waals surface area contributed by atoms with Crippen molar-refractivity contribution in [2.45, 2.75) is 31.8 Å². The zero-order chi connectivity index (χ0) is 13.1. The number of aliphatic hydroxyl groups is 1. The van der Waals surface area contributed by atoms with Gasteiger partial charge in [0.15, 0.2) is 0 Å². The zero-order valence-electron chi connectivity index (χ0n) is 11.1. The summed E-state index contributed by atoms with van der Waals surface area (Å²) in [6, 6.07) is 10.7. The summed E-state index contributed by atoms with van der Waals surface area (Å²) in [5, 5.41) is 10.7. The van der Waals surface area contributed by atoms with Gasteiger partial charge in [0.2, 0.25) is 0 Å². The number of aliphatic hydroxyl groups excluding tert-OH is 1. The maximum Gasteiger partial charge on any atom is 0.0746 e. The Morgan fingerprint density at radius 3 is 3.00 bits per heavy atom. The second-order valence-corrected chi connectivity index (χ2v) is 5.29. The van der Waals surface area contributed by atoms with Crippen LogP contribution in [0.5, 0.6) is 0 Å². The molecule has 0 saturated carbocycles. The maximum atomic E-state index is 9.50. The number of fused-ring (bicyclic) bond motifs is 1. The van der Waals surface area contributed by atoms with Crippen LogP contribution in [-0.2, 0) is 6.54 Å². The van der Waals surface area contributed by atoms with Gasteiger partial charge in [-0.3, -0.25) is 9.88 Å². The lowest BCUT2D eigenvalue weighted by Gasteiger charge is -2.34. The minimum Gasteiger partial charge on any atom is -0.395 e. The smallest absolute Gasteiger partial charge is 0.0746 e. The molecule has 1 unspecified atom stereocenters. The molecule has 1 N–H and O–H groups in total. The first-order valence-electron chi connectivity index (χ1n) is 7.06. The standard InChI is InChI=1S/C16H20N2O/c19-12-15-8-1-2-10-18(15)11-14-6-3-5-13-7-4-9-17-16(13)14/h3-7,9,15,19H,1-2,8,10-12H2. The monoisotopic (exact) mass is 256 g/mol. The summed E-state index contributed by atoms with van der Waals surface area (Å²) in [4.78, 5) is 6.90. The zero-order valence-corrected chi connectivity index (χ0v) is 11.1. The molecule has 1 aliphatic heterocycles. The molecule has 2 heterocycles. The fraction of sp³-hybridized carbons (Fsp3) is 0.438. The van der Waals surface area contributed by atoms with Crippen LogP contribution in [0.1, 0.15) is 24.8 Å². The molecule has 100 valence electrons. The van der Waals surface area contributed by atoms with Crippen molar-refractivity contribution in [2.24, 2.45) is 0 Å². The van der Waals surface area contributed by atoms with Gasteiger partial charge in [-0.2, -0.15) is 0 Å². The number of nitrogens with zero attached hydrogens (tertiary/aromatic N) is 2. The van der Waals surface area contributed by atoms with Crippen LogP contribution >= 0.6 is 0 Å². The molecular weight excluding hydrogens is 236 g/mol. The van der Waals surface area contributed by atoms with Crippen molar-refractivity contribution in [3.63, 3.8) is 0 Å². The highest BCUT2D eigenvalue weighted by molar-refractivity contribution is 5.81. The van der Waals surface area contributed by atoms with E-state index in [0.717, 1.165) is 25.0 Å². The van der Waals surface area contributed by atoms with Crippen LogP contribution < -0.4 is 0 Å². The lowest BCUT2D eigenvalue weighted by Crippen LogP contribution is -2.41. The van der Waals surface area contributed by atoms with Crippen molar-refractivity contribution in [1.29, 1.82) is 0 Å². The van der Waals surface area contributed by atoms with E-state index in [1.165, 1.54) is 23.8 Å². The van der Waals surface area contributed by atoms with Gasteiger partial charge in [-0.05, 0) is 31.0 Å². The first-order chi connectivity index (χ1) is 9.38. The molecule has 1 atom stereocenters. The Morgan fingerprint density at radius 2 is 2.11 bits per heavy atom. The van der Waals surface area contributed by atoms with Gasteiger partial charge in [0, 0.05) is 24.2 Å². The van der Waals surface area contributed by atoms with Crippen LogP contribution in [-0.4, -0.2) is 34.2 Å². The van der Waals surface area contributed by atoms with Gasteiger partial charge in [-0.25, -0.2) is 0 Å². The molecule has 2 aromatic rings. The minimum absolute atomic E-state index is 0.262. The van der Waals surface area contributed by atoms with Crippen molar-refractivity contribution in [3.8, 4) is 0 Å². The number of hydrogen-bond acceptors (Lipinski definition) is 3. The highest BCUT2D eigenvalue weighted by Gasteiger charge is 2.22. The Labute approximate surface area is 113 Å². The van der Waals surface area contributed by atoms with E-state index in [2.05, 4.69) is 34.1 Å². The Bertz CT molecular complexity index is 550. The Kier molecular flexibility index (Phi) is 3.76. The molecule has 19 heavy (non-hydrogen) atoms. The summed E-state index contributed by atoms with van der Waals surface area (Å²) in [5.74, 6) is 0. The summed E-state index contributed by atoms with van der Waals surface area (Å²) < 4.78 is 0. The number of likely N-dealkylation sites (tertiary alicyclic amines) is 1. The van der Waals surface area contributed by atoms with E-state index in [1.807, 2.05) is 12.3 Å². The van der Waals surface area contributed by atoms with E-state index in [4.69, 9.17) is 0 Å². The summed E-state index contributed by atoms with van der Waals surface area (Å²) >= 11 is 0. The molecule has 1 saturated heterocycles. The number of rotatable bonds is 3. The second kappa shape index (κ2) is 5.68. The molecule has 1 aromatic carbocycles. The molecule has 0 aliphatic carbocycles. The van der Waals surface area contributed by atoms with E-state index >= 15 is 0 Å². The van der Waals surface area contributed by atoms with E-state index in [9.17, 15) is 5.11 Å². The second-order valence-electron chi connectivity index (χ2n) is 5.29. The highest BCUT2D eigenvalue weighted by atomic mass is 16.3. The first kappa shape index (κ1) is 12.6. The number of para-hydroxylation sites is 1. The fourth-order valence-corrected chi connectivity index (χ4v) is 2.99. The molecular formula is C16H20N2O. The summed E-state index contributed by atoms with van der Waals surface area (Å²) in [5.41, 5.74) is 2.35.